The lowest BCUT2D eigenvalue weighted by Gasteiger charge is -2.22. The van der Waals surface area contributed by atoms with Crippen LogP contribution in [0.1, 0.15) is 25.5 Å². The van der Waals surface area contributed by atoms with Gasteiger partial charge in [-0.25, -0.2) is 14.6 Å². The summed E-state index contributed by atoms with van der Waals surface area (Å²) in [7, 11) is 0. The molecule has 0 saturated carbocycles. The lowest BCUT2D eigenvalue weighted by atomic mass is 10.2. The lowest BCUT2D eigenvalue weighted by Crippen LogP contribution is -2.18. The van der Waals surface area contributed by atoms with Gasteiger partial charge in [0.25, 0.3) is 0 Å². The van der Waals surface area contributed by atoms with E-state index in [1.807, 2.05) is 10.9 Å². The van der Waals surface area contributed by atoms with E-state index in [9.17, 15) is 0 Å². The van der Waals surface area contributed by atoms with E-state index >= 15 is 0 Å². The summed E-state index contributed by atoms with van der Waals surface area (Å²) in [6, 6.07) is 1.80. The molecule has 0 N–H and O–H groups in total. The van der Waals surface area contributed by atoms with E-state index in [4.69, 9.17) is 4.74 Å². The Balaban J connectivity index is 1.83. The molecule has 17 heavy (non-hydrogen) atoms. The zero-order valence-electron chi connectivity index (χ0n) is 9.49. The molecular weight excluding hydrogens is 216 g/mol. The molecule has 88 valence electrons. The summed E-state index contributed by atoms with van der Waals surface area (Å²) in [6.45, 7) is 0.821. The molecular formula is C12H14N4O. The fourth-order valence-corrected chi connectivity index (χ4v) is 1.99. The lowest BCUT2D eigenvalue weighted by molar-refractivity contribution is -0.0394. The van der Waals surface area contributed by atoms with Crippen LogP contribution < -0.4 is 0 Å². The van der Waals surface area contributed by atoms with Gasteiger partial charge in [-0.15, -0.1) is 0 Å². The predicted octanol–water partition coefficient (Wildman–Crippen LogP) is 2.04. The molecule has 3 heterocycles. The predicted molar refractivity (Wildman–Crippen MR) is 62.1 cm³/mol. The summed E-state index contributed by atoms with van der Waals surface area (Å²) < 4.78 is 7.54. The molecule has 0 bridgehead atoms. The number of hydrogen-bond acceptors (Lipinski definition) is 4. The van der Waals surface area contributed by atoms with Crippen LogP contribution in [-0.4, -0.2) is 26.4 Å². The summed E-state index contributed by atoms with van der Waals surface area (Å²) in [4.78, 5) is 8.40. The minimum Gasteiger partial charge on any atom is -0.357 e. The molecule has 5 nitrogen and oxygen atoms in total. The highest BCUT2D eigenvalue weighted by Crippen LogP contribution is 2.23. The SMILES string of the molecule is c1cnc(-c2cnn(C3CCCCO3)c2)nc1. The topological polar surface area (TPSA) is 52.8 Å². The van der Waals surface area contributed by atoms with Crippen molar-refractivity contribution in [2.24, 2.45) is 0 Å². The number of rotatable bonds is 2. The Morgan fingerprint density at radius 3 is 2.88 bits per heavy atom. The van der Waals surface area contributed by atoms with Gasteiger partial charge in [-0.05, 0) is 25.3 Å². The van der Waals surface area contributed by atoms with Crippen LogP contribution in [0.25, 0.3) is 11.4 Å². The molecule has 2 aromatic rings. The molecule has 1 aliphatic heterocycles. The minimum atomic E-state index is 0.0706. The van der Waals surface area contributed by atoms with E-state index in [1.54, 1.807) is 24.7 Å². The molecule has 1 aliphatic rings. The summed E-state index contributed by atoms with van der Waals surface area (Å²) in [5, 5.41) is 4.33. The maximum Gasteiger partial charge on any atom is 0.162 e. The first-order chi connectivity index (χ1) is 8.43. The van der Waals surface area contributed by atoms with Crippen LogP contribution in [0, 0.1) is 0 Å². The van der Waals surface area contributed by atoms with Gasteiger partial charge < -0.3 is 4.74 Å². The summed E-state index contributed by atoms with van der Waals surface area (Å²) in [6.07, 6.45) is 10.6. The van der Waals surface area contributed by atoms with Gasteiger partial charge in [0.1, 0.15) is 6.23 Å². The highest BCUT2D eigenvalue weighted by molar-refractivity contribution is 5.51. The molecule has 0 aliphatic carbocycles. The van der Waals surface area contributed by atoms with Crippen molar-refractivity contribution in [3.8, 4) is 11.4 Å². The average Bonchev–Trinajstić information content (AvgIpc) is 2.90. The average molecular weight is 230 g/mol. The molecule has 1 unspecified atom stereocenters. The first-order valence-corrected chi connectivity index (χ1v) is 5.86. The first-order valence-electron chi connectivity index (χ1n) is 5.86. The molecule has 0 amide bonds. The Bertz CT molecular complexity index is 476. The van der Waals surface area contributed by atoms with Crippen molar-refractivity contribution in [2.75, 3.05) is 6.61 Å². The Hall–Kier alpha value is -1.75. The molecule has 2 aromatic heterocycles. The van der Waals surface area contributed by atoms with Gasteiger partial charge in [0.2, 0.25) is 0 Å². The summed E-state index contributed by atoms with van der Waals surface area (Å²) in [5.74, 6) is 0.703. The zero-order valence-corrected chi connectivity index (χ0v) is 9.49. The van der Waals surface area contributed by atoms with Crippen molar-refractivity contribution >= 4 is 0 Å². The van der Waals surface area contributed by atoms with Crippen molar-refractivity contribution < 1.29 is 4.74 Å². The summed E-state index contributed by atoms with van der Waals surface area (Å²) in [5.41, 5.74) is 0.930. The Morgan fingerprint density at radius 2 is 2.12 bits per heavy atom. The largest absolute Gasteiger partial charge is 0.357 e. The van der Waals surface area contributed by atoms with E-state index in [0.717, 1.165) is 25.0 Å². The van der Waals surface area contributed by atoms with Gasteiger partial charge >= 0.3 is 0 Å². The van der Waals surface area contributed by atoms with E-state index in [-0.39, 0.29) is 6.23 Å². The second-order valence-electron chi connectivity index (χ2n) is 4.10. The molecule has 1 atom stereocenters. The van der Waals surface area contributed by atoms with Gasteiger partial charge in [-0.2, -0.15) is 5.10 Å². The molecule has 0 radical (unpaired) electrons. The van der Waals surface area contributed by atoms with Crippen molar-refractivity contribution in [3.63, 3.8) is 0 Å². The van der Waals surface area contributed by atoms with Crippen LogP contribution in [0.4, 0.5) is 0 Å². The molecule has 0 spiro atoms. The van der Waals surface area contributed by atoms with Gasteiger partial charge in [-0.3, -0.25) is 0 Å². The van der Waals surface area contributed by atoms with Crippen LogP contribution in [0.2, 0.25) is 0 Å². The zero-order chi connectivity index (χ0) is 11.5. The van der Waals surface area contributed by atoms with Crippen molar-refractivity contribution in [2.45, 2.75) is 25.5 Å². The van der Waals surface area contributed by atoms with Crippen LogP contribution in [0.3, 0.4) is 0 Å². The van der Waals surface area contributed by atoms with Crippen molar-refractivity contribution in [3.05, 3.63) is 30.9 Å². The standard InChI is InChI=1S/C12H14N4O/c1-2-7-17-11(4-1)16-9-10(8-15-16)12-13-5-3-6-14-12/h3,5-6,8-9,11H,1-2,4,7H2. The number of hydrogen-bond donors (Lipinski definition) is 0. The number of ether oxygens (including phenoxy) is 1. The Morgan fingerprint density at radius 1 is 1.24 bits per heavy atom. The monoisotopic (exact) mass is 230 g/mol. The third-order valence-corrected chi connectivity index (χ3v) is 2.88. The second-order valence-corrected chi connectivity index (χ2v) is 4.10. The van der Waals surface area contributed by atoms with Crippen molar-refractivity contribution in [1.29, 1.82) is 0 Å². The van der Waals surface area contributed by atoms with Crippen LogP contribution in [-0.2, 0) is 4.74 Å². The third kappa shape index (κ3) is 2.19. The fraction of sp³-hybridized carbons (Fsp3) is 0.417. The third-order valence-electron chi connectivity index (χ3n) is 2.88. The van der Waals surface area contributed by atoms with Gasteiger partial charge in [0.05, 0.1) is 11.8 Å². The number of aromatic nitrogens is 4. The van der Waals surface area contributed by atoms with E-state index in [1.165, 1.54) is 6.42 Å². The highest BCUT2D eigenvalue weighted by Gasteiger charge is 2.17. The molecule has 1 fully saturated rings. The first kappa shape index (κ1) is 10.4. The van der Waals surface area contributed by atoms with E-state index in [2.05, 4.69) is 15.1 Å². The normalized spacial score (nSPS) is 20.4. The smallest absolute Gasteiger partial charge is 0.162 e. The maximum absolute atomic E-state index is 5.67. The van der Waals surface area contributed by atoms with Gasteiger partial charge in [-0.1, -0.05) is 0 Å². The molecule has 3 rings (SSSR count). The van der Waals surface area contributed by atoms with E-state index in [0.29, 0.717) is 5.82 Å². The van der Waals surface area contributed by atoms with Gasteiger partial charge in [0, 0.05) is 25.2 Å². The van der Waals surface area contributed by atoms with Crippen LogP contribution >= 0.6 is 0 Å². The fourth-order valence-electron chi connectivity index (χ4n) is 1.99. The van der Waals surface area contributed by atoms with Crippen molar-refractivity contribution in [1.82, 2.24) is 19.7 Å². The molecule has 5 heteroatoms. The van der Waals surface area contributed by atoms with Gasteiger partial charge in [0.15, 0.2) is 5.82 Å². The van der Waals surface area contributed by atoms with E-state index < -0.39 is 0 Å². The Kier molecular flexibility index (Phi) is 2.83. The van der Waals surface area contributed by atoms with Crippen LogP contribution in [0.15, 0.2) is 30.9 Å². The molecule has 1 saturated heterocycles. The second kappa shape index (κ2) is 4.63. The number of nitrogens with zero attached hydrogens (tertiary/aromatic N) is 4. The Labute approximate surface area is 99.5 Å². The minimum absolute atomic E-state index is 0.0706. The quantitative estimate of drug-likeness (QED) is 0.792. The van der Waals surface area contributed by atoms with Crippen LogP contribution in [0.5, 0.6) is 0 Å². The maximum atomic E-state index is 5.67. The molecule has 0 aromatic carbocycles. The summed E-state index contributed by atoms with van der Waals surface area (Å²) >= 11 is 0. The highest BCUT2D eigenvalue weighted by atomic mass is 16.5.